The van der Waals surface area contributed by atoms with E-state index < -0.39 is 0 Å². The lowest BCUT2D eigenvalue weighted by Crippen LogP contribution is -2.48. The second-order valence-corrected chi connectivity index (χ2v) is 6.95. The van der Waals surface area contributed by atoms with Gasteiger partial charge in [-0.05, 0) is 56.1 Å². The Morgan fingerprint density at radius 2 is 2.06 bits per heavy atom. The molecule has 104 valence electrons. The lowest BCUT2D eigenvalue weighted by Gasteiger charge is -2.31. The molecule has 4 heteroatoms. The third-order valence-corrected chi connectivity index (χ3v) is 5.41. The predicted octanol–water partition coefficient (Wildman–Crippen LogP) is 1.98. The molecular weight excluding hydrogens is 244 g/mol. The summed E-state index contributed by atoms with van der Waals surface area (Å²) in [7, 11) is 1.92. The van der Waals surface area contributed by atoms with E-state index in [-0.39, 0.29) is 6.04 Å². The first kappa shape index (κ1) is 14.2. The first-order chi connectivity index (χ1) is 8.72. The molecule has 0 aromatic heterocycles. The molecule has 0 aliphatic carbocycles. The van der Waals surface area contributed by atoms with Crippen molar-refractivity contribution in [3.8, 4) is 0 Å². The van der Waals surface area contributed by atoms with Gasteiger partial charge in [0.15, 0.2) is 0 Å². The number of amides is 1. The van der Waals surface area contributed by atoms with Crippen molar-refractivity contribution < 1.29 is 4.79 Å². The van der Waals surface area contributed by atoms with Crippen molar-refractivity contribution in [1.82, 2.24) is 10.2 Å². The fraction of sp³-hybridized carbons (Fsp3) is 0.929. The van der Waals surface area contributed by atoms with Crippen molar-refractivity contribution in [2.24, 2.45) is 11.8 Å². The highest BCUT2D eigenvalue weighted by atomic mass is 32.2. The van der Waals surface area contributed by atoms with E-state index in [0.29, 0.717) is 11.8 Å². The van der Waals surface area contributed by atoms with Gasteiger partial charge in [0.25, 0.3) is 0 Å². The van der Waals surface area contributed by atoms with Crippen molar-refractivity contribution in [3.05, 3.63) is 0 Å². The number of nitrogens with zero attached hydrogens (tertiary/aromatic N) is 1. The van der Waals surface area contributed by atoms with Gasteiger partial charge in [-0.15, -0.1) is 0 Å². The molecule has 0 bridgehead atoms. The number of hydrogen-bond donors (Lipinski definition) is 1. The molecule has 2 unspecified atom stereocenters. The van der Waals surface area contributed by atoms with Gasteiger partial charge in [-0.1, -0.05) is 6.92 Å². The van der Waals surface area contributed by atoms with E-state index in [2.05, 4.69) is 28.9 Å². The van der Waals surface area contributed by atoms with Gasteiger partial charge in [0.2, 0.25) is 5.91 Å². The highest BCUT2D eigenvalue weighted by Gasteiger charge is 2.31. The number of thioether (sulfide) groups is 1. The van der Waals surface area contributed by atoms with E-state index in [4.69, 9.17) is 0 Å². The molecule has 0 aromatic rings. The molecule has 1 N–H and O–H groups in total. The van der Waals surface area contributed by atoms with Crippen molar-refractivity contribution in [2.45, 2.75) is 38.6 Å². The number of carbonyl (C=O) groups excluding carboxylic acids is 1. The Hall–Kier alpha value is -0.220. The van der Waals surface area contributed by atoms with E-state index in [1.807, 2.05) is 7.05 Å². The van der Waals surface area contributed by atoms with Crippen LogP contribution in [0, 0.1) is 11.8 Å². The van der Waals surface area contributed by atoms with Crippen molar-refractivity contribution in [2.75, 3.05) is 31.6 Å². The van der Waals surface area contributed by atoms with Crippen LogP contribution in [-0.2, 0) is 4.79 Å². The zero-order valence-electron chi connectivity index (χ0n) is 11.7. The van der Waals surface area contributed by atoms with Crippen LogP contribution in [0.1, 0.15) is 32.6 Å². The topological polar surface area (TPSA) is 32.3 Å². The van der Waals surface area contributed by atoms with E-state index in [1.165, 1.54) is 24.3 Å². The molecular formula is C14H26N2OS. The van der Waals surface area contributed by atoms with Gasteiger partial charge in [0.05, 0.1) is 6.04 Å². The maximum absolute atomic E-state index is 12.5. The molecule has 2 heterocycles. The molecule has 2 atom stereocenters. The molecule has 2 fully saturated rings. The van der Waals surface area contributed by atoms with Gasteiger partial charge >= 0.3 is 0 Å². The zero-order chi connectivity index (χ0) is 13.0. The van der Waals surface area contributed by atoms with E-state index in [1.54, 1.807) is 0 Å². The molecule has 2 saturated heterocycles. The SMILES string of the molecule is CNC1C(=O)N(CC2CCSCC2)CCCC1C. The Labute approximate surface area is 115 Å². The molecule has 0 aromatic carbocycles. The summed E-state index contributed by atoms with van der Waals surface area (Å²) in [5.41, 5.74) is 0. The van der Waals surface area contributed by atoms with Gasteiger partial charge in [0.1, 0.15) is 0 Å². The van der Waals surface area contributed by atoms with Crippen LogP contribution in [0.5, 0.6) is 0 Å². The summed E-state index contributed by atoms with van der Waals surface area (Å²) in [6.45, 7) is 4.15. The minimum atomic E-state index is 0.0328. The van der Waals surface area contributed by atoms with Crippen molar-refractivity contribution >= 4 is 17.7 Å². The monoisotopic (exact) mass is 270 g/mol. The lowest BCUT2D eigenvalue weighted by atomic mass is 9.97. The molecule has 2 aliphatic rings. The number of likely N-dealkylation sites (N-methyl/N-ethyl adjacent to an activating group) is 1. The Kier molecular flexibility index (Phi) is 5.37. The Morgan fingerprint density at radius 1 is 1.33 bits per heavy atom. The summed E-state index contributed by atoms with van der Waals surface area (Å²) < 4.78 is 0. The Balaban J connectivity index is 1.95. The molecule has 2 aliphatic heterocycles. The predicted molar refractivity (Wildman–Crippen MR) is 77.9 cm³/mol. The first-order valence-corrected chi connectivity index (χ1v) is 8.41. The van der Waals surface area contributed by atoms with Crippen LogP contribution in [0.15, 0.2) is 0 Å². The van der Waals surface area contributed by atoms with Gasteiger partial charge in [0, 0.05) is 13.1 Å². The van der Waals surface area contributed by atoms with Crippen LogP contribution in [0.4, 0.5) is 0 Å². The number of carbonyl (C=O) groups is 1. The van der Waals surface area contributed by atoms with E-state index in [9.17, 15) is 4.79 Å². The lowest BCUT2D eigenvalue weighted by molar-refractivity contribution is -0.134. The highest BCUT2D eigenvalue weighted by molar-refractivity contribution is 7.99. The minimum Gasteiger partial charge on any atom is -0.341 e. The smallest absolute Gasteiger partial charge is 0.239 e. The van der Waals surface area contributed by atoms with Crippen LogP contribution < -0.4 is 5.32 Å². The molecule has 0 radical (unpaired) electrons. The van der Waals surface area contributed by atoms with Crippen LogP contribution >= 0.6 is 11.8 Å². The van der Waals surface area contributed by atoms with Crippen LogP contribution in [-0.4, -0.2) is 48.5 Å². The fourth-order valence-electron chi connectivity index (χ4n) is 3.15. The molecule has 2 rings (SSSR count). The quantitative estimate of drug-likeness (QED) is 0.851. The molecule has 18 heavy (non-hydrogen) atoms. The summed E-state index contributed by atoms with van der Waals surface area (Å²) in [4.78, 5) is 14.6. The van der Waals surface area contributed by atoms with Gasteiger partial charge < -0.3 is 10.2 Å². The Morgan fingerprint density at radius 3 is 2.72 bits per heavy atom. The van der Waals surface area contributed by atoms with Crippen molar-refractivity contribution in [1.29, 1.82) is 0 Å². The van der Waals surface area contributed by atoms with E-state index >= 15 is 0 Å². The summed E-state index contributed by atoms with van der Waals surface area (Å²) in [5, 5.41) is 3.22. The van der Waals surface area contributed by atoms with Crippen LogP contribution in [0.25, 0.3) is 0 Å². The van der Waals surface area contributed by atoms with Gasteiger partial charge in [-0.3, -0.25) is 4.79 Å². The third-order valence-electron chi connectivity index (χ3n) is 4.36. The fourth-order valence-corrected chi connectivity index (χ4v) is 4.36. The first-order valence-electron chi connectivity index (χ1n) is 7.26. The number of nitrogens with one attached hydrogen (secondary N) is 1. The maximum Gasteiger partial charge on any atom is 0.239 e. The molecule has 1 amide bonds. The average molecular weight is 270 g/mol. The molecule has 0 spiro atoms. The number of hydrogen-bond acceptors (Lipinski definition) is 3. The third kappa shape index (κ3) is 3.41. The van der Waals surface area contributed by atoms with Gasteiger partial charge in [-0.2, -0.15) is 11.8 Å². The largest absolute Gasteiger partial charge is 0.341 e. The standard InChI is InChI=1S/C14H26N2OS/c1-11-4-3-7-16(14(17)13(11)15-2)10-12-5-8-18-9-6-12/h11-13,15H,3-10H2,1-2H3. The summed E-state index contributed by atoms with van der Waals surface area (Å²) in [6, 6.07) is 0.0328. The average Bonchev–Trinajstić information content (AvgIpc) is 2.51. The number of likely N-dealkylation sites (tertiary alicyclic amines) is 1. The van der Waals surface area contributed by atoms with Gasteiger partial charge in [-0.25, -0.2) is 0 Å². The van der Waals surface area contributed by atoms with Crippen LogP contribution in [0.2, 0.25) is 0 Å². The maximum atomic E-state index is 12.5. The highest BCUT2D eigenvalue weighted by Crippen LogP contribution is 2.25. The summed E-state index contributed by atoms with van der Waals surface area (Å²) >= 11 is 2.06. The minimum absolute atomic E-state index is 0.0328. The van der Waals surface area contributed by atoms with E-state index in [0.717, 1.165) is 31.8 Å². The summed E-state index contributed by atoms with van der Waals surface area (Å²) in [6.07, 6.45) is 4.89. The number of rotatable bonds is 3. The van der Waals surface area contributed by atoms with Crippen LogP contribution in [0.3, 0.4) is 0 Å². The molecule has 0 saturated carbocycles. The van der Waals surface area contributed by atoms with Crippen molar-refractivity contribution in [3.63, 3.8) is 0 Å². The molecule has 3 nitrogen and oxygen atoms in total. The zero-order valence-corrected chi connectivity index (χ0v) is 12.5. The second kappa shape index (κ2) is 6.80. The normalized spacial score (nSPS) is 31.4. The second-order valence-electron chi connectivity index (χ2n) is 5.73. The Bertz CT molecular complexity index is 279. The summed E-state index contributed by atoms with van der Waals surface area (Å²) in [5.74, 6) is 4.09.